The first kappa shape index (κ1) is 16.2. The molecule has 1 heterocycles. The van der Waals surface area contributed by atoms with E-state index in [-0.39, 0.29) is 5.54 Å². The molecule has 4 heteroatoms. The molecule has 0 aromatic carbocycles. The second-order valence-electron chi connectivity index (χ2n) is 7.15. The van der Waals surface area contributed by atoms with Gasteiger partial charge in [-0.05, 0) is 58.4 Å². The van der Waals surface area contributed by atoms with Crippen LogP contribution in [0.15, 0.2) is 0 Å². The van der Waals surface area contributed by atoms with E-state index in [1.54, 1.807) is 0 Å². The molecule has 1 saturated heterocycles. The van der Waals surface area contributed by atoms with Crippen molar-refractivity contribution in [2.75, 3.05) is 19.7 Å². The highest BCUT2D eigenvalue weighted by molar-refractivity contribution is 4.90. The number of ether oxygens (including phenoxy) is 1. The minimum Gasteiger partial charge on any atom is -0.389 e. The van der Waals surface area contributed by atoms with Crippen LogP contribution in [-0.2, 0) is 4.74 Å². The van der Waals surface area contributed by atoms with E-state index >= 15 is 0 Å². The summed E-state index contributed by atoms with van der Waals surface area (Å²) in [5.41, 5.74) is 0.0901. The van der Waals surface area contributed by atoms with Crippen LogP contribution in [0.5, 0.6) is 0 Å². The Hall–Kier alpha value is -0.160. The van der Waals surface area contributed by atoms with Crippen LogP contribution in [0.3, 0.4) is 0 Å². The lowest BCUT2D eigenvalue weighted by Gasteiger charge is -2.32. The predicted octanol–water partition coefficient (Wildman–Crippen LogP) is 1.67. The van der Waals surface area contributed by atoms with Crippen LogP contribution in [-0.4, -0.2) is 48.6 Å². The van der Waals surface area contributed by atoms with E-state index in [2.05, 4.69) is 31.4 Å². The van der Waals surface area contributed by atoms with E-state index in [9.17, 15) is 5.11 Å². The van der Waals surface area contributed by atoms with Crippen molar-refractivity contribution in [3.8, 4) is 0 Å². The highest BCUT2D eigenvalue weighted by Crippen LogP contribution is 2.32. The number of nitrogens with one attached hydrogen (secondary N) is 2. The third-order valence-electron chi connectivity index (χ3n) is 5.09. The van der Waals surface area contributed by atoms with Crippen molar-refractivity contribution < 1.29 is 9.84 Å². The molecule has 0 spiro atoms. The van der Waals surface area contributed by atoms with Gasteiger partial charge in [-0.15, -0.1) is 0 Å². The van der Waals surface area contributed by atoms with E-state index in [1.165, 1.54) is 19.4 Å². The summed E-state index contributed by atoms with van der Waals surface area (Å²) in [7, 11) is 0. The van der Waals surface area contributed by atoms with Crippen molar-refractivity contribution in [2.45, 2.75) is 76.7 Å². The molecule has 1 aliphatic carbocycles. The SMILES string of the molecule is CCC(C)(C)NCC(O)COC1CCC2CCNC2C1. The summed E-state index contributed by atoms with van der Waals surface area (Å²) in [6, 6.07) is 0.656. The Labute approximate surface area is 123 Å². The molecule has 2 rings (SSSR count). The Morgan fingerprint density at radius 2 is 2.15 bits per heavy atom. The lowest BCUT2D eigenvalue weighted by atomic mass is 9.84. The van der Waals surface area contributed by atoms with Crippen LogP contribution in [0.1, 0.15) is 52.9 Å². The van der Waals surface area contributed by atoms with Gasteiger partial charge < -0.3 is 20.5 Å². The van der Waals surface area contributed by atoms with Crippen LogP contribution < -0.4 is 10.6 Å². The molecular weight excluding hydrogens is 252 g/mol. The number of hydrogen-bond donors (Lipinski definition) is 3. The largest absolute Gasteiger partial charge is 0.389 e. The topological polar surface area (TPSA) is 53.5 Å². The van der Waals surface area contributed by atoms with Gasteiger partial charge in [0.25, 0.3) is 0 Å². The van der Waals surface area contributed by atoms with E-state index in [0.717, 1.165) is 25.2 Å². The molecule has 118 valence electrons. The van der Waals surface area contributed by atoms with Gasteiger partial charge in [0.1, 0.15) is 0 Å². The summed E-state index contributed by atoms with van der Waals surface area (Å²) < 4.78 is 5.92. The van der Waals surface area contributed by atoms with Crippen molar-refractivity contribution in [1.29, 1.82) is 0 Å². The molecular formula is C16H32N2O2. The second-order valence-corrected chi connectivity index (χ2v) is 7.15. The Kier molecular flexibility index (Phi) is 5.84. The average Bonchev–Trinajstić information content (AvgIpc) is 2.90. The minimum atomic E-state index is -0.407. The summed E-state index contributed by atoms with van der Waals surface area (Å²) in [4.78, 5) is 0. The summed E-state index contributed by atoms with van der Waals surface area (Å²) >= 11 is 0. The molecule has 4 atom stereocenters. The van der Waals surface area contributed by atoms with Crippen LogP contribution in [0.25, 0.3) is 0 Å². The molecule has 1 aliphatic heterocycles. The monoisotopic (exact) mass is 284 g/mol. The molecule has 20 heavy (non-hydrogen) atoms. The molecule has 1 saturated carbocycles. The number of aliphatic hydroxyl groups is 1. The first-order valence-electron chi connectivity index (χ1n) is 8.28. The maximum absolute atomic E-state index is 10.0. The zero-order chi connectivity index (χ0) is 14.6. The van der Waals surface area contributed by atoms with E-state index < -0.39 is 6.10 Å². The summed E-state index contributed by atoms with van der Waals surface area (Å²) in [5, 5.41) is 17.0. The fraction of sp³-hybridized carbons (Fsp3) is 1.00. The number of β-amino-alcohol motifs (C(OH)–C–C–N with tert-alkyl or cyclic N) is 1. The van der Waals surface area contributed by atoms with E-state index in [0.29, 0.717) is 25.3 Å². The summed E-state index contributed by atoms with van der Waals surface area (Å²) in [6.07, 6.45) is 5.85. The fourth-order valence-corrected chi connectivity index (χ4v) is 3.22. The zero-order valence-corrected chi connectivity index (χ0v) is 13.3. The second kappa shape index (κ2) is 7.21. The molecule has 0 amide bonds. The summed E-state index contributed by atoms with van der Waals surface area (Å²) in [6.45, 7) is 8.71. The molecule has 0 radical (unpaired) electrons. The normalized spacial score (nSPS) is 32.1. The fourth-order valence-electron chi connectivity index (χ4n) is 3.22. The molecule has 0 aromatic rings. The molecule has 2 fully saturated rings. The minimum absolute atomic E-state index is 0.0901. The van der Waals surface area contributed by atoms with Crippen molar-refractivity contribution >= 4 is 0 Å². The molecule has 4 nitrogen and oxygen atoms in total. The van der Waals surface area contributed by atoms with Crippen molar-refractivity contribution in [3.05, 3.63) is 0 Å². The van der Waals surface area contributed by atoms with Gasteiger partial charge in [-0.3, -0.25) is 0 Å². The number of aliphatic hydroxyl groups excluding tert-OH is 1. The van der Waals surface area contributed by atoms with Crippen LogP contribution in [0.2, 0.25) is 0 Å². The van der Waals surface area contributed by atoms with Crippen molar-refractivity contribution in [1.82, 2.24) is 10.6 Å². The standard InChI is InChI=1S/C16H32N2O2/c1-4-16(2,3)18-10-13(19)11-20-14-6-5-12-7-8-17-15(12)9-14/h12-15,17-19H,4-11H2,1-3H3. The van der Waals surface area contributed by atoms with Crippen molar-refractivity contribution in [2.24, 2.45) is 5.92 Å². The van der Waals surface area contributed by atoms with Crippen LogP contribution >= 0.6 is 0 Å². The lowest BCUT2D eigenvalue weighted by molar-refractivity contribution is -0.0334. The molecule has 4 unspecified atom stereocenters. The average molecular weight is 284 g/mol. The van der Waals surface area contributed by atoms with E-state index in [1.807, 2.05) is 0 Å². The third-order valence-corrected chi connectivity index (χ3v) is 5.09. The maximum atomic E-state index is 10.0. The molecule has 0 aromatic heterocycles. The maximum Gasteiger partial charge on any atom is 0.0898 e. The van der Waals surface area contributed by atoms with Gasteiger partial charge in [0, 0.05) is 18.1 Å². The van der Waals surface area contributed by atoms with Gasteiger partial charge in [-0.1, -0.05) is 6.92 Å². The van der Waals surface area contributed by atoms with Gasteiger partial charge >= 0.3 is 0 Å². The van der Waals surface area contributed by atoms with Gasteiger partial charge in [-0.25, -0.2) is 0 Å². The van der Waals surface area contributed by atoms with Crippen LogP contribution in [0.4, 0.5) is 0 Å². The Balaban J connectivity index is 1.62. The Morgan fingerprint density at radius 1 is 1.35 bits per heavy atom. The van der Waals surface area contributed by atoms with Crippen LogP contribution in [0, 0.1) is 5.92 Å². The quantitative estimate of drug-likeness (QED) is 0.666. The highest BCUT2D eigenvalue weighted by atomic mass is 16.5. The van der Waals surface area contributed by atoms with Crippen molar-refractivity contribution in [3.63, 3.8) is 0 Å². The smallest absolute Gasteiger partial charge is 0.0898 e. The molecule has 3 N–H and O–H groups in total. The zero-order valence-electron chi connectivity index (χ0n) is 13.3. The Morgan fingerprint density at radius 3 is 2.90 bits per heavy atom. The lowest BCUT2D eigenvalue weighted by Crippen LogP contribution is -2.44. The highest BCUT2D eigenvalue weighted by Gasteiger charge is 2.34. The first-order chi connectivity index (χ1) is 9.50. The first-order valence-corrected chi connectivity index (χ1v) is 8.28. The molecule has 0 bridgehead atoms. The number of rotatable bonds is 7. The van der Waals surface area contributed by atoms with Gasteiger partial charge in [0.2, 0.25) is 0 Å². The predicted molar refractivity (Wildman–Crippen MR) is 81.9 cm³/mol. The third kappa shape index (κ3) is 4.69. The van der Waals surface area contributed by atoms with Gasteiger partial charge in [-0.2, -0.15) is 0 Å². The Bertz CT molecular complexity index is 296. The molecule has 2 aliphatic rings. The van der Waals surface area contributed by atoms with E-state index in [4.69, 9.17) is 4.74 Å². The number of hydrogen-bond acceptors (Lipinski definition) is 4. The van der Waals surface area contributed by atoms with Gasteiger partial charge in [0.15, 0.2) is 0 Å². The van der Waals surface area contributed by atoms with Gasteiger partial charge in [0.05, 0.1) is 18.8 Å². The summed E-state index contributed by atoms with van der Waals surface area (Å²) in [5.74, 6) is 0.867. The number of fused-ring (bicyclic) bond motifs is 1.